The maximum Gasteiger partial charge on any atom is 0.319 e. The maximum atomic E-state index is 16.7. The number of aliphatic hydroxyl groups excluding tert-OH is 1. The number of hydrogen-bond donors (Lipinski definition) is 2. The molecule has 0 bridgehead atoms. The Morgan fingerprint density at radius 2 is 1.98 bits per heavy atom. The van der Waals surface area contributed by atoms with Crippen molar-refractivity contribution in [2.75, 3.05) is 37.7 Å². The molecule has 0 radical (unpaired) electrons. The smallest absolute Gasteiger partial charge is 0.319 e. The van der Waals surface area contributed by atoms with Crippen molar-refractivity contribution in [1.82, 2.24) is 19.9 Å². The largest absolute Gasteiger partial charge is 0.508 e. The molecule has 4 aromatic rings. The van der Waals surface area contributed by atoms with Crippen LogP contribution >= 0.6 is 0 Å². The molecule has 3 fully saturated rings. The van der Waals surface area contributed by atoms with Crippen LogP contribution in [0.1, 0.15) is 36.9 Å². The summed E-state index contributed by atoms with van der Waals surface area (Å²) in [6.07, 6.45) is 6.73. The van der Waals surface area contributed by atoms with Crippen molar-refractivity contribution in [2.45, 2.75) is 50.4 Å². The van der Waals surface area contributed by atoms with E-state index in [0.717, 1.165) is 19.4 Å². The van der Waals surface area contributed by atoms with Crippen molar-refractivity contribution in [1.29, 1.82) is 0 Å². The van der Waals surface area contributed by atoms with Gasteiger partial charge in [0, 0.05) is 37.0 Å². The second-order valence-electron chi connectivity index (χ2n) is 11.8. The van der Waals surface area contributed by atoms with Crippen LogP contribution in [0.5, 0.6) is 11.8 Å². The number of aromatic hydroxyl groups is 1. The first kappa shape index (κ1) is 27.7. The average molecular weight is 590 g/mol. The number of benzene rings is 2. The fourth-order valence-electron chi connectivity index (χ4n) is 7.11. The summed E-state index contributed by atoms with van der Waals surface area (Å²) in [5, 5.41) is 21.8. The van der Waals surface area contributed by atoms with Crippen LogP contribution in [0.15, 0.2) is 24.3 Å². The van der Waals surface area contributed by atoms with E-state index < -0.39 is 29.4 Å². The molecule has 0 unspecified atom stereocenters. The number of anilines is 1. The monoisotopic (exact) mass is 589 g/mol. The van der Waals surface area contributed by atoms with Gasteiger partial charge in [-0.15, -0.1) is 6.42 Å². The lowest BCUT2D eigenvalue weighted by Crippen LogP contribution is -2.43. The molecule has 3 aliphatic heterocycles. The van der Waals surface area contributed by atoms with Gasteiger partial charge in [0.2, 0.25) is 0 Å². The minimum Gasteiger partial charge on any atom is -0.508 e. The Morgan fingerprint density at radius 3 is 2.74 bits per heavy atom. The molecule has 3 saturated heterocycles. The van der Waals surface area contributed by atoms with E-state index in [2.05, 4.69) is 25.8 Å². The van der Waals surface area contributed by atoms with Crippen LogP contribution in [0.2, 0.25) is 0 Å². The quantitative estimate of drug-likeness (QED) is 0.325. The van der Waals surface area contributed by atoms with Gasteiger partial charge in [-0.1, -0.05) is 12.0 Å². The van der Waals surface area contributed by atoms with Crippen LogP contribution in [0.3, 0.4) is 0 Å². The maximum absolute atomic E-state index is 16.7. The number of terminal acetylenes is 1. The summed E-state index contributed by atoms with van der Waals surface area (Å²) in [5.41, 5.74) is -0.273. The predicted octanol–water partition coefficient (Wildman–Crippen LogP) is 4.64. The molecule has 0 aliphatic carbocycles. The van der Waals surface area contributed by atoms with Crippen LogP contribution in [0, 0.1) is 30.9 Å². The van der Waals surface area contributed by atoms with Crippen LogP contribution in [-0.4, -0.2) is 80.7 Å². The molecule has 8 nitrogen and oxygen atoms in total. The molecule has 7 rings (SSSR count). The Bertz CT molecular complexity index is 1830. The van der Waals surface area contributed by atoms with Gasteiger partial charge in [-0.05, 0) is 56.3 Å². The molecule has 3 aliphatic rings. The number of β-amino-alcohol motifs (C(OH)–C–C–N with tert-alkyl or cyclic N) is 1. The molecular formula is C32H30F3N5O3. The fraction of sp³-hybridized carbons (Fsp3) is 0.406. The molecule has 2 N–H and O–H groups in total. The van der Waals surface area contributed by atoms with Crippen molar-refractivity contribution >= 4 is 27.5 Å². The van der Waals surface area contributed by atoms with Crippen molar-refractivity contribution in [3.05, 3.63) is 47.2 Å². The summed E-state index contributed by atoms with van der Waals surface area (Å²) in [5.74, 6) is 1.08. The van der Waals surface area contributed by atoms with Gasteiger partial charge < -0.3 is 19.8 Å². The second kappa shape index (κ2) is 10.2. The molecule has 5 heterocycles. The summed E-state index contributed by atoms with van der Waals surface area (Å²) >= 11 is 0. The predicted molar refractivity (Wildman–Crippen MR) is 156 cm³/mol. The zero-order chi connectivity index (χ0) is 30.0. The lowest BCUT2D eigenvalue weighted by molar-refractivity contribution is 0.107. The molecule has 2 aromatic carbocycles. The lowest BCUT2D eigenvalue weighted by Gasteiger charge is -2.31. The number of ether oxygens (including phenoxy) is 1. The third-order valence-corrected chi connectivity index (χ3v) is 9.07. The number of aliphatic hydroxyl groups is 1. The summed E-state index contributed by atoms with van der Waals surface area (Å²) in [6.45, 7) is 3.77. The molecule has 2 aromatic heterocycles. The molecule has 0 spiro atoms. The van der Waals surface area contributed by atoms with E-state index in [4.69, 9.17) is 11.2 Å². The average Bonchev–Trinajstić information content (AvgIpc) is 3.66. The number of nitrogens with zero attached hydrogens (tertiary/aromatic N) is 5. The van der Waals surface area contributed by atoms with Gasteiger partial charge in [0.15, 0.2) is 5.82 Å². The topological polar surface area (TPSA) is 94.8 Å². The van der Waals surface area contributed by atoms with E-state index in [1.165, 1.54) is 24.3 Å². The van der Waals surface area contributed by atoms with E-state index in [1.54, 1.807) is 6.92 Å². The van der Waals surface area contributed by atoms with Gasteiger partial charge in [-0.2, -0.15) is 9.97 Å². The minimum absolute atomic E-state index is 0.0704. The zero-order valence-electron chi connectivity index (χ0n) is 23.6. The van der Waals surface area contributed by atoms with Crippen LogP contribution in [-0.2, 0) is 0 Å². The Hall–Kier alpha value is -4.14. The second-order valence-corrected chi connectivity index (χ2v) is 11.8. The summed E-state index contributed by atoms with van der Waals surface area (Å²) in [4.78, 5) is 17.7. The van der Waals surface area contributed by atoms with Crippen molar-refractivity contribution < 1.29 is 28.1 Å². The molecule has 0 saturated carbocycles. The molecule has 3 atom stereocenters. The number of hydrogen-bond acceptors (Lipinski definition) is 8. The van der Waals surface area contributed by atoms with E-state index in [1.807, 2.05) is 4.90 Å². The van der Waals surface area contributed by atoms with Gasteiger partial charge in [0.1, 0.15) is 41.4 Å². The highest BCUT2D eigenvalue weighted by molar-refractivity contribution is 6.03. The van der Waals surface area contributed by atoms with Crippen LogP contribution in [0.25, 0.3) is 32.9 Å². The standard InChI is InChI=1S/C32H30F3N5O3/c1-3-22-24(34)6-5-18-11-21(42)12-23(26(18)22)28-27(35)29-25(17(2)36-28)30(39-10-7-20(41)15-39)38-31(37-29)43-16-32-8-4-9-40(32)14-19(33)13-32/h1,5-6,11-12,19-20,41-42H,4,7-10,13-16H2,2H3/t19-,20-,32+/m1/s1. The third-order valence-electron chi connectivity index (χ3n) is 9.07. The number of aryl methyl sites for hydroxylation is 1. The first-order valence-electron chi connectivity index (χ1n) is 14.4. The van der Waals surface area contributed by atoms with E-state index in [0.29, 0.717) is 48.2 Å². The number of rotatable bonds is 5. The van der Waals surface area contributed by atoms with Crippen molar-refractivity contribution in [3.8, 4) is 35.4 Å². The highest BCUT2D eigenvalue weighted by Crippen LogP contribution is 2.42. The first-order chi connectivity index (χ1) is 20.7. The summed E-state index contributed by atoms with van der Waals surface area (Å²) in [6, 6.07) is 5.31. The normalized spacial score (nSPS) is 23.8. The Labute approximate surface area is 246 Å². The number of phenolic OH excluding ortho intramolecular Hbond substituents is 1. The summed E-state index contributed by atoms with van der Waals surface area (Å²) in [7, 11) is 0. The highest BCUT2D eigenvalue weighted by atomic mass is 19.1. The van der Waals surface area contributed by atoms with Gasteiger partial charge >= 0.3 is 6.01 Å². The first-order valence-corrected chi connectivity index (χ1v) is 14.4. The van der Waals surface area contributed by atoms with Crippen LogP contribution in [0.4, 0.5) is 19.0 Å². The Kier molecular flexibility index (Phi) is 6.59. The lowest BCUT2D eigenvalue weighted by atomic mass is 9.95. The molecule has 0 amide bonds. The molecular weight excluding hydrogens is 559 g/mol. The van der Waals surface area contributed by atoms with Crippen molar-refractivity contribution in [2.24, 2.45) is 0 Å². The number of pyridine rings is 1. The van der Waals surface area contributed by atoms with Crippen molar-refractivity contribution in [3.63, 3.8) is 0 Å². The Morgan fingerprint density at radius 1 is 1.14 bits per heavy atom. The van der Waals surface area contributed by atoms with Crippen LogP contribution < -0.4 is 9.64 Å². The highest BCUT2D eigenvalue weighted by Gasteiger charge is 2.49. The molecule has 43 heavy (non-hydrogen) atoms. The zero-order valence-corrected chi connectivity index (χ0v) is 23.6. The van der Waals surface area contributed by atoms with E-state index in [-0.39, 0.29) is 52.6 Å². The number of aromatic nitrogens is 3. The SMILES string of the molecule is C#Cc1c(F)ccc2cc(O)cc(-c3nc(C)c4c(N5CC[C@@H](O)C5)nc(OC[C@@]56CCCN5C[C@H](F)C6)nc4c3F)c12. The van der Waals surface area contributed by atoms with Gasteiger partial charge in [-0.3, -0.25) is 4.90 Å². The number of phenols is 1. The number of halogens is 3. The minimum atomic E-state index is -0.938. The Balaban J connectivity index is 1.41. The van der Waals surface area contributed by atoms with Gasteiger partial charge in [0.25, 0.3) is 0 Å². The van der Waals surface area contributed by atoms with E-state index in [9.17, 15) is 19.0 Å². The fourth-order valence-corrected chi connectivity index (χ4v) is 7.11. The third kappa shape index (κ3) is 4.51. The molecule has 11 heteroatoms. The van der Waals surface area contributed by atoms with E-state index >= 15 is 4.39 Å². The molecule has 222 valence electrons. The number of fused-ring (bicyclic) bond motifs is 3. The number of alkyl halides is 1. The van der Waals surface area contributed by atoms with Gasteiger partial charge in [0.05, 0.1) is 28.3 Å². The summed E-state index contributed by atoms with van der Waals surface area (Å²) < 4.78 is 52.0. The van der Waals surface area contributed by atoms with Gasteiger partial charge in [-0.25, -0.2) is 18.2 Å².